The predicted molar refractivity (Wildman–Crippen MR) is 194 cm³/mol. The van der Waals surface area contributed by atoms with Gasteiger partial charge in [-0.1, -0.05) is 124 Å². The molecule has 1 rings (SSSR count). The van der Waals surface area contributed by atoms with Gasteiger partial charge in [-0.2, -0.15) is 0 Å². The lowest BCUT2D eigenvalue weighted by molar-refractivity contribution is -0.157. The fourth-order valence-corrected chi connectivity index (χ4v) is 6.27. The van der Waals surface area contributed by atoms with Gasteiger partial charge < -0.3 is 20.1 Å². The number of hydrogen-bond donors (Lipinski definition) is 3. The summed E-state index contributed by atoms with van der Waals surface area (Å²) in [7, 11) is 0. The number of carboxylic acids is 3. The summed E-state index contributed by atoms with van der Waals surface area (Å²) < 4.78 is 4.63. The van der Waals surface area contributed by atoms with Crippen LogP contribution in [0, 0.1) is 82.9 Å². The lowest BCUT2D eigenvalue weighted by Crippen LogP contribution is -2.36. The van der Waals surface area contributed by atoms with E-state index >= 15 is 0 Å². The van der Waals surface area contributed by atoms with Crippen molar-refractivity contribution in [2.75, 3.05) is 0 Å². The van der Waals surface area contributed by atoms with Crippen LogP contribution in [0.2, 0.25) is 0 Å². The SMILES string of the molecule is CC(=O)C(C(C)C)C(C(=O)O)C(C)C.CC(C)C(C(=O)O)C(C(=O)O)C(C)C.CC(C)C1C(=O)OC(=O)C1C(C)C.CC(C)CCC(C)C. The third-order valence-corrected chi connectivity index (χ3v) is 8.86. The van der Waals surface area contributed by atoms with E-state index in [0.717, 1.165) is 11.8 Å². The van der Waals surface area contributed by atoms with Crippen molar-refractivity contribution in [2.45, 2.75) is 131 Å². The van der Waals surface area contributed by atoms with Gasteiger partial charge in [0.05, 0.1) is 29.6 Å². The zero-order valence-corrected chi connectivity index (χ0v) is 33.7. The second-order valence-corrected chi connectivity index (χ2v) is 16.3. The van der Waals surface area contributed by atoms with Gasteiger partial charge in [-0.15, -0.1) is 0 Å². The van der Waals surface area contributed by atoms with Crippen molar-refractivity contribution < 1.29 is 48.8 Å². The third kappa shape index (κ3) is 19.3. The Balaban J connectivity index is -0.000000586. The molecule has 3 N–H and O–H groups in total. The minimum absolute atomic E-state index is 0.0104. The van der Waals surface area contributed by atoms with E-state index in [0.29, 0.717) is 0 Å². The van der Waals surface area contributed by atoms with Crippen LogP contribution in [0.1, 0.15) is 131 Å². The number of rotatable bonds is 15. The molecule has 1 heterocycles. The van der Waals surface area contributed by atoms with Crippen LogP contribution in [0.4, 0.5) is 0 Å². The molecule has 49 heavy (non-hydrogen) atoms. The van der Waals surface area contributed by atoms with E-state index in [-0.39, 0.29) is 71.0 Å². The lowest BCUT2D eigenvalue weighted by atomic mass is 9.75. The van der Waals surface area contributed by atoms with Crippen molar-refractivity contribution in [3.05, 3.63) is 0 Å². The van der Waals surface area contributed by atoms with Crippen LogP contribution < -0.4 is 0 Å². The Morgan fingerprint density at radius 1 is 0.490 bits per heavy atom. The minimum Gasteiger partial charge on any atom is -0.481 e. The van der Waals surface area contributed by atoms with Gasteiger partial charge >= 0.3 is 29.8 Å². The summed E-state index contributed by atoms with van der Waals surface area (Å²) in [5, 5.41) is 27.0. The molecule has 0 spiro atoms. The van der Waals surface area contributed by atoms with E-state index in [9.17, 15) is 28.8 Å². The van der Waals surface area contributed by atoms with Crippen LogP contribution in [-0.4, -0.2) is 50.9 Å². The van der Waals surface area contributed by atoms with Crippen LogP contribution >= 0.6 is 0 Å². The molecule has 288 valence electrons. The predicted octanol–water partition coefficient (Wildman–Crippen LogP) is 8.60. The van der Waals surface area contributed by atoms with Crippen molar-refractivity contribution >= 4 is 35.6 Å². The highest BCUT2D eigenvalue weighted by Gasteiger charge is 2.47. The Bertz CT molecular complexity index is 895. The number of cyclic esters (lactones) is 2. The van der Waals surface area contributed by atoms with Crippen LogP contribution in [0.25, 0.3) is 0 Å². The summed E-state index contributed by atoms with van der Waals surface area (Å²) in [5.41, 5.74) is 0. The number of carbonyl (C=O) groups is 6. The van der Waals surface area contributed by atoms with Crippen molar-refractivity contribution in [1.82, 2.24) is 0 Å². The third-order valence-electron chi connectivity index (χ3n) is 8.86. The van der Waals surface area contributed by atoms with E-state index in [1.165, 1.54) is 19.8 Å². The molecule has 1 aliphatic rings. The maximum atomic E-state index is 11.4. The molecule has 0 bridgehead atoms. The summed E-state index contributed by atoms with van der Waals surface area (Å²) in [6.07, 6.45) is 2.77. The fourth-order valence-electron chi connectivity index (χ4n) is 6.27. The first kappa shape index (κ1) is 50.6. The van der Waals surface area contributed by atoms with Gasteiger partial charge in [0.2, 0.25) is 0 Å². The molecule has 10 heteroatoms. The molecule has 0 aromatic carbocycles. The largest absolute Gasteiger partial charge is 0.481 e. The summed E-state index contributed by atoms with van der Waals surface area (Å²) >= 11 is 0. The Hall–Kier alpha value is -2.78. The Labute approximate surface area is 297 Å². The number of carbonyl (C=O) groups excluding carboxylic acids is 3. The summed E-state index contributed by atoms with van der Waals surface area (Å²) in [6, 6.07) is 0. The van der Waals surface area contributed by atoms with E-state index in [1.54, 1.807) is 27.7 Å². The van der Waals surface area contributed by atoms with Crippen molar-refractivity contribution in [3.8, 4) is 0 Å². The molecule has 0 aromatic rings. The van der Waals surface area contributed by atoms with Crippen LogP contribution in [-0.2, 0) is 33.5 Å². The van der Waals surface area contributed by atoms with Gasteiger partial charge in [0.25, 0.3) is 0 Å². The van der Waals surface area contributed by atoms with Gasteiger partial charge in [0.15, 0.2) is 0 Å². The molecule has 1 aliphatic heterocycles. The smallest absolute Gasteiger partial charge is 0.317 e. The van der Waals surface area contributed by atoms with Crippen molar-refractivity contribution in [3.63, 3.8) is 0 Å². The Kier molecular flexibility index (Phi) is 25.2. The molecule has 1 fully saturated rings. The monoisotopic (exact) mass is 701 g/mol. The topological polar surface area (TPSA) is 172 Å². The molecule has 1 saturated heterocycles. The summed E-state index contributed by atoms with van der Waals surface area (Å²) in [4.78, 5) is 66.9. The number of ether oxygens (including phenoxy) is 1. The molecule has 6 atom stereocenters. The zero-order valence-electron chi connectivity index (χ0n) is 33.7. The minimum atomic E-state index is -1.03. The zero-order chi connectivity index (χ0) is 39.7. The number of esters is 2. The second kappa shape index (κ2) is 24.4. The van der Waals surface area contributed by atoms with Crippen molar-refractivity contribution in [2.24, 2.45) is 82.9 Å². The number of carboxylic acid groups (broad SMARTS) is 3. The van der Waals surface area contributed by atoms with Crippen LogP contribution in [0.3, 0.4) is 0 Å². The molecule has 10 nitrogen and oxygen atoms in total. The summed E-state index contributed by atoms with van der Waals surface area (Å²) in [6.45, 7) is 32.8. The van der Waals surface area contributed by atoms with E-state index < -0.39 is 35.7 Å². The van der Waals surface area contributed by atoms with Gasteiger partial charge in [0.1, 0.15) is 5.78 Å². The first-order valence-electron chi connectivity index (χ1n) is 18.1. The van der Waals surface area contributed by atoms with Gasteiger partial charge in [-0.05, 0) is 54.3 Å². The quantitative estimate of drug-likeness (QED) is 0.111. The average Bonchev–Trinajstić information content (AvgIpc) is 3.22. The first-order chi connectivity index (χ1) is 22.1. The number of hydrogen-bond acceptors (Lipinski definition) is 7. The summed E-state index contributed by atoms with van der Waals surface area (Å²) in [5.74, 6) is -4.84. The highest BCUT2D eigenvalue weighted by molar-refractivity contribution is 5.96. The first-order valence-corrected chi connectivity index (χ1v) is 18.1. The molecule has 6 unspecified atom stereocenters. The maximum absolute atomic E-state index is 11.4. The lowest BCUT2D eigenvalue weighted by Gasteiger charge is -2.27. The number of aliphatic carboxylic acids is 3. The maximum Gasteiger partial charge on any atom is 0.317 e. The normalized spacial score (nSPS) is 18.4. The molecule has 0 amide bonds. The fraction of sp³-hybridized carbons (Fsp3) is 0.846. The van der Waals surface area contributed by atoms with Gasteiger partial charge in [0, 0.05) is 5.92 Å². The van der Waals surface area contributed by atoms with Crippen LogP contribution in [0.5, 0.6) is 0 Å². The highest BCUT2D eigenvalue weighted by atomic mass is 16.6. The second-order valence-electron chi connectivity index (χ2n) is 16.3. The van der Waals surface area contributed by atoms with Crippen molar-refractivity contribution in [1.29, 1.82) is 0 Å². The standard InChI is InChI=1S/C11H20O3.C10H18O4.C10H16O3.C8H18/c1-6(2)9(8(5)12)10(7(3)4)11(13)14;1-5(2)7(9(11)12)8(6(3)4)10(13)14;1-5(2)7-8(6(3)4)10(12)13-9(7)11;1-7(2)5-6-8(3)4/h6-7,9-10H,1-5H3,(H,13,14);5-8H,1-4H3,(H,11,12)(H,13,14);5-8H,1-4H3;7-8H,5-6H2,1-4H3. The Morgan fingerprint density at radius 2 is 0.714 bits per heavy atom. The number of ketones is 1. The molecule has 0 aliphatic carbocycles. The molecule has 0 radical (unpaired) electrons. The van der Waals surface area contributed by atoms with Gasteiger partial charge in [-0.25, -0.2) is 0 Å². The van der Waals surface area contributed by atoms with E-state index in [1.807, 2.05) is 55.4 Å². The van der Waals surface area contributed by atoms with Gasteiger partial charge in [-0.3, -0.25) is 28.8 Å². The highest BCUT2D eigenvalue weighted by Crippen LogP contribution is 2.35. The number of Topliss-reactive ketones (excluding diaryl/α,β-unsaturated/α-hetero) is 1. The molecular formula is C39H72O10. The molecule has 0 aromatic heterocycles. The van der Waals surface area contributed by atoms with E-state index in [2.05, 4.69) is 32.4 Å². The molecule has 0 saturated carbocycles. The molecular weight excluding hydrogens is 628 g/mol. The Morgan fingerprint density at radius 3 is 0.837 bits per heavy atom. The van der Waals surface area contributed by atoms with Crippen LogP contribution in [0.15, 0.2) is 0 Å². The van der Waals surface area contributed by atoms with E-state index in [4.69, 9.17) is 15.3 Å². The average molecular weight is 701 g/mol.